The third-order valence-corrected chi connectivity index (χ3v) is 4.41. The van der Waals surface area contributed by atoms with Crippen molar-refractivity contribution < 1.29 is 14.4 Å². The summed E-state index contributed by atoms with van der Waals surface area (Å²) in [6.07, 6.45) is 1.48. The minimum absolute atomic E-state index is 0.0940. The zero-order valence-electron chi connectivity index (χ0n) is 16.8. The van der Waals surface area contributed by atoms with Gasteiger partial charge in [0, 0.05) is 40.4 Å². The molecule has 1 aliphatic rings. The summed E-state index contributed by atoms with van der Waals surface area (Å²) in [4.78, 5) is 49.5. The molecule has 0 atom stereocenters. The lowest BCUT2D eigenvalue weighted by Crippen LogP contribution is -2.43. The summed E-state index contributed by atoms with van der Waals surface area (Å²) in [5.41, 5.74) is 0.622. The second-order valence-corrected chi connectivity index (χ2v) is 7.14. The Kier molecular flexibility index (Phi) is 6.45. The molecule has 1 heterocycles. The lowest BCUT2D eigenvalue weighted by molar-refractivity contribution is -0.129. The maximum Gasteiger partial charge on any atom is 0.241 e. The van der Waals surface area contributed by atoms with Crippen LogP contribution in [0.15, 0.2) is 29.7 Å². The van der Waals surface area contributed by atoms with Crippen molar-refractivity contribution in [2.45, 2.75) is 0 Å². The molecule has 0 unspecified atom stereocenters. The molecule has 0 fully saturated rings. The van der Waals surface area contributed by atoms with E-state index in [1.54, 1.807) is 31.1 Å². The fraction of sp³-hybridized carbons (Fsp3) is 0.474. The molecule has 0 aromatic carbocycles. The van der Waals surface area contributed by atoms with Crippen molar-refractivity contribution in [2.75, 3.05) is 61.9 Å². The molecular weight excluding hydrogens is 346 g/mol. The average molecular weight is 373 g/mol. The molecule has 8 heteroatoms. The Balaban J connectivity index is 2.32. The Morgan fingerprint density at radius 1 is 0.963 bits per heavy atom. The molecule has 0 radical (unpaired) electrons. The minimum atomic E-state index is -0.367. The van der Waals surface area contributed by atoms with E-state index in [9.17, 15) is 14.4 Å². The van der Waals surface area contributed by atoms with Crippen LogP contribution in [0.25, 0.3) is 0 Å². The highest BCUT2D eigenvalue weighted by atomic mass is 16.2. The van der Waals surface area contributed by atoms with Crippen molar-refractivity contribution in [1.29, 1.82) is 0 Å². The molecule has 0 bridgehead atoms. The largest absolute Gasteiger partial charge is 0.373 e. The van der Waals surface area contributed by atoms with E-state index in [-0.39, 0.29) is 46.7 Å². The second kappa shape index (κ2) is 8.41. The van der Waals surface area contributed by atoms with Crippen LogP contribution in [0.1, 0.15) is 20.8 Å². The maximum atomic E-state index is 13.0. The fourth-order valence-electron chi connectivity index (χ4n) is 2.86. The molecule has 0 aliphatic heterocycles. The van der Waals surface area contributed by atoms with Gasteiger partial charge in [0.25, 0.3) is 0 Å². The average Bonchev–Trinajstić information content (AvgIpc) is 2.61. The predicted octanol–water partition coefficient (Wildman–Crippen LogP) is 0.186. The van der Waals surface area contributed by atoms with E-state index in [4.69, 9.17) is 0 Å². The fourth-order valence-corrected chi connectivity index (χ4v) is 2.86. The third-order valence-electron chi connectivity index (χ3n) is 4.41. The first-order chi connectivity index (χ1) is 12.6. The van der Waals surface area contributed by atoms with E-state index in [1.807, 2.05) is 30.9 Å². The molecule has 27 heavy (non-hydrogen) atoms. The van der Waals surface area contributed by atoms with Gasteiger partial charge in [0.15, 0.2) is 0 Å². The predicted molar refractivity (Wildman–Crippen MR) is 102 cm³/mol. The van der Waals surface area contributed by atoms with Crippen LogP contribution in [-0.2, 0) is 4.79 Å². The number of pyridine rings is 1. The molecule has 1 aliphatic carbocycles. The van der Waals surface area contributed by atoms with Gasteiger partial charge < -0.3 is 14.7 Å². The molecule has 0 spiro atoms. The lowest BCUT2D eigenvalue weighted by Gasteiger charge is -2.30. The highest BCUT2D eigenvalue weighted by Crippen LogP contribution is 2.27. The van der Waals surface area contributed by atoms with Gasteiger partial charge in [-0.1, -0.05) is 0 Å². The minimum Gasteiger partial charge on any atom is -0.373 e. The van der Waals surface area contributed by atoms with Gasteiger partial charge in [-0.2, -0.15) is 0 Å². The van der Waals surface area contributed by atoms with Crippen LogP contribution in [0, 0.1) is 0 Å². The van der Waals surface area contributed by atoms with E-state index in [0.29, 0.717) is 6.54 Å². The number of carbonyl (C=O) groups excluding carboxylic acids is 3. The summed E-state index contributed by atoms with van der Waals surface area (Å²) in [7, 11) is 10.7. The van der Waals surface area contributed by atoms with E-state index >= 15 is 0 Å². The van der Waals surface area contributed by atoms with Crippen molar-refractivity contribution in [1.82, 2.24) is 24.6 Å². The van der Waals surface area contributed by atoms with Gasteiger partial charge in [-0.3, -0.25) is 24.3 Å². The Hall–Kier alpha value is -2.58. The molecule has 2 rings (SSSR count). The van der Waals surface area contributed by atoms with Crippen LogP contribution in [0.5, 0.6) is 0 Å². The smallest absolute Gasteiger partial charge is 0.241 e. The van der Waals surface area contributed by atoms with Crippen LogP contribution in [0.4, 0.5) is 0 Å². The molecule has 1 amide bonds. The topological polar surface area (TPSA) is 77.1 Å². The van der Waals surface area contributed by atoms with Gasteiger partial charge >= 0.3 is 0 Å². The quantitative estimate of drug-likeness (QED) is 0.675. The van der Waals surface area contributed by atoms with Gasteiger partial charge in [0.05, 0.1) is 12.1 Å². The summed E-state index contributed by atoms with van der Waals surface area (Å²) in [6, 6.07) is 3.18. The number of allylic oxidation sites excluding steroid dienone is 2. The maximum absolute atomic E-state index is 13.0. The molecule has 0 saturated heterocycles. The van der Waals surface area contributed by atoms with Crippen molar-refractivity contribution in [3.8, 4) is 0 Å². The Morgan fingerprint density at radius 3 is 2.22 bits per heavy atom. The van der Waals surface area contributed by atoms with Crippen molar-refractivity contribution in [3.63, 3.8) is 0 Å². The van der Waals surface area contributed by atoms with E-state index in [0.717, 1.165) is 6.54 Å². The zero-order valence-corrected chi connectivity index (χ0v) is 16.8. The second-order valence-electron chi connectivity index (χ2n) is 7.14. The Labute approximate surface area is 160 Å². The Bertz CT molecular complexity index is 785. The van der Waals surface area contributed by atoms with Gasteiger partial charge in [-0.05, 0) is 33.3 Å². The zero-order chi connectivity index (χ0) is 20.3. The number of rotatable bonds is 7. The highest BCUT2D eigenvalue weighted by Gasteiger charge is 2.37. The number of nitrogens with zero attached hydrogens (tertiary/aromatic N) is 5. The normalized spacial score (nSPS) is 14.1. The van der Waals surface area contributed by atoms with E-state index in [1.165, 1.54) is 18.1 Å². The molecule has 1 aromatic heterocycles. The van der Waals surface area contributed by atoms with Gasteiger partial charge in [0.1, 0.15) is 17.1 Å². The van der Waals surface area contributed by atoms with Gasteiger partial charge in [-0.15, -0.1) is 0 Å². The standard InChI is InChI=1S/C19H27N5O3/c1-21(2)10-11-23(5)12-14(25)24(6)17-16(22(3)4)19(27)15-13(18(17)26)8-7-9-20-15/h7-9H,10-12H2,1-6H3. The summed E-state index contributed by atoms with van der Waals surface area (Å²) in [5.74, 6) is -0.974. The summed E-state index contributed by atoms with van der Waals surface area (Å²) >= 11 is 0. The molecule has 0 N–H and O–H groups in total. The monoisotopic (exact) mass is 373 g/mol. The molecule has 1 aromatic rings. The number of fused-ring (bicyclic) bond motifs is 1. The van der Waals surface area contributed by atoms with Crippen molar-refractivity contribution >= 4 is 17.5 Å². The molecule has 146 valence electrons. The van der Waals surface area contributed by atoms with E-state index in [2.05, 4.69) is 4.98 Å². The van der Waals surface area contributed by atoms with Crippen LogP contribution in [0.3, 0.4) is 0 Å². The first-order valence-electron chi connectivity index (χ1n) is 8.71. The first kappa shape index (κ1) is 20.7. The number of hydrogen-bond acceptors (Lipinski definition) is 7. The SMILES string of the molecule is CN(C)CCN(C)CC(=O)N(C)C1=C(N(C)C)C(=O)c2ncccc2C1=O. The number of likely N-dealkylation sites (N-methyl/N-ethyl adjacent to an activating group) is 4. The number of hydrogen-bond donors (Lipinski definition) is 0. The van der Waals surface area contributed by atoms with Crippen LogP contribution < -0.4 is 0 Å². The number of carbonyl (C=O) groups is 3. The number of Topliss-reactive ketones (excluding diaryl/α,β-unsaturated/α-hetero) is 2. The molecule has 8 nitrogen and oxygen atoms in total. The van der Waals surface area contributed by atoms with Gasteiger partial charge in [0.2, 0.25) is 17.5 Å². The Morgan fingerprint density at radius 2 is 1.63 bits per heavy atom. The van der Waals surface area contributed by atoms with Crippen LogP contribution in [-0.4, -0.2) is 104 Å². The summed E-state index contributed by atoms with van der Waals surface area (Å²) < 4.78 is 0. The van der Waals surface area contributed by atoms with Gasteiger partial charge in [-0.25, -0.2) is 0 Å². The van der Waals surface area contributed by atoms with Crippen molar-refractivity contribution in [3.05, 3.63) is 41.0 Å². The van der Waals surface area contributed by atoms with Crippen LogP contribution in [0.2, 0.25) is 0 Å². The number of amides is 1. The highest BCUT2D eigenvalue weighted by molar-refractivity contribution is 6.26. The first-order valence-corrected chi connectivity index (χ1v) is 8.71. The lowest BCUT2D eigenvalue weighted by atomic mass is 9.93. The number of aromatic nitrogens is 1. The van der Waals surface area contributed by atoms with Crippen molar-refractivity contribution in [2.24, 2.45) is 0 Å². The van der Waals surface area contributed by atoms with E-state index < -0.39 is 0 Å². The van der Waals surface area contributed by atoms with Crippen LogP contribution >= 0.6 is 0 Å². The third kappa shape index (κ3) is 4.40. The molecular formula is C19H27N5O3. The molecule has 0 saturated carbocycles. The summed E-state index contributed by atoms with van der Waals surface area (Å²) in [6.45, 7) is 1.68. The summed E-state index contributed by atoms with van der Waals surface area (Å²) in [5, 5.41) is 0. The number of ketones is 2.